The quantitative estimate of drug-likeness (QED) is 0.718. The van der Waals surface area contributed by atoms with Crippen LogP contribution < -0.4 is 10.1 Å². The Hall–Kier alpha value is -2.00. The Morgan fingerprint density at radius 2 is 2.28 bits per heavy atom. The summed E-state index contributed by atoms with van der Waals surface area (Å²) in [5.74, 6) is 0.479. The van der Waals surface area contributed by atoms with Crippen molar-refractivity contribution in [2.24, 2.45) is 0 Å². The van der Waals surface area contributed by atoms with Crippen LogP contribution >= 0.6 is 11.3 Å². The van der Waals surface area contributed by atoms with Gasteiger partial charge in [0.2, 0.25) is 5.91 Å². The van der Waals surface area contributed by atoms with E-state index in [1.165, 1.54) is 11.3 Å². The zero-order valence-electron chi connectivity index (χ0n) is 13.7. The molecule has 1 amide bonds. The molecule has 0 saturated carbocycles. The van der Waals surface area contributed by atoms with Crippen molar-refractivity contribution >= 4 is 22.4 Å². The second-order valence-electron chi connectivity index (χ2n) is 5.76. The molecule has 25 heavy (non-hydrogen) atoms. The molecule has 0 bridgehead atoms. The van der Waals surface area contributed by atoms with Gasteiger partial charge in [-0.25, -0.2) is 4.98 Å². The fraction of sp³-hybridized carbons (Fsp3) is 0.412. The number of benzene rings is 1. The molecule has 2 aromatic rings. The molecule has 3 atom stereocenters. The van der Waals surface area contributed by atoms with Gasteiger partial charge in [-0.15, -0.1) is 11.3 Å². The van der Waals surface area contributed by atoms with Crippen molar-refractivity contribution in [1.82, 2.24) is 4.98 Å². The van der Waals surface area contributed by atoms with Crippen LogP contribution in [-0.4, -0.2) is 47.0 Å². The first-order valence-corrected chi connectivity index (χ1v) is 8.80. The van der Waals surface area contributed by atoms with Gasteiger partial charge in [0.05, 0.1) is 31.9 Å². The van der Waals surface area contributed by atoms with Crippen LogP contribution in [0.15, 0.2) is 29.6 Å². The number of aromatic nitrogens is 1. The standard InChI is InChI=1S/C17H20N2O5S/c1-23-13-5-3-2-4-10(13)6-16(22)19-17-18-11(9-25-17)14-7-12(21)15(8-20)24-14/h2-5,9,12,14-15,20-21H,6-8H2,1H3,(H,18,19,22)/t12-,14+,15+/m0/s1. The largest absolute Gasteiger partial charge is 0.496 e. The average Bonchev–Trinajstić information content (AvgIpc) is 3.21. The van der Waals surface area contributed by atoms with Crippen molar-refractivity contribution in [3.63, 3.8) is 0 Å². The molecular formula is C17H20N2O5S. The fourth-order valence-corrected chi connectivity index (χ4v) is 3.53. The molecular weight excluding hydrogens is 344 g/mol. The van der Waals surface area contributed by atoms with Gasteiger partial charge in [0, 0.05) is 17.4 Å². The van der Waals surface area contributed by atoms with E-state index in [-0.39, 0.29) is 25.0 Å². The van der Waals surface area contributed by atoms with E-state index in [4.69, 9.17) is 14.6 Å². The van der Waals surface area contributed by atoms with Crippen LogP contribution in [0.1, 0.15) is 23.8 Å². The van der Waals surface area contributed by atoms with Gasteiger partial charge >= 0.3 is 0 Å². The number of anilines is 1. The maximum atomic E-state index is 12.2. The molecule has 1 aromatic heterocycles. The molecule has 0 spiro atoms. The number of aliphatic hydroxyl groups is 2. The summed E-state index contributed by atoms with van der Waals surface area (Å²) in [5.41, 5.74) is 1.44. The molecule has 3 rings (SSSR count). The lowest BCUT2D eigenvalue weighted by atomic mass is 10.1. The minimum Gasteiger partial charge on any atom is -0.496 e. The Bertz CT molecular complexity index is 735. The van der Waals surface area contributed by atoms with Crippen molar-refractivity contribution in [3.8, 4) is 5.75 Å². The number of rotatable bonds is 6. The maximum Gasteiger partial charge on any atom is 0.230 e. The van der Waals surface area contributed by atoms with E-state index in [2.05, 4.69) is 10.3 Å². The van der Waals surface area contributed by atoms with Crippen LogP contribution in [0, 0.1) is 0 Å². The smallest absolute Gasteiger partial charge is 0.230 e. The summed E-state index contributed by atoms with van der Waals surface area (Å²) >= 11 is 1.30. The van der Waals surface area contributed by atoms with Crippen LogP contribution in [0.5, 0.6) is 5.75 Å². The molecule has 1 aromatic carbocycles. The Balaban J connectivity index is 1.61. The third-order valence-electron chi connectivity index (χ3n) is 4.05. The minimum atomic E-state index is -0.708. The Morgan fingerprint density at radius 1 is 1.48 bits per heavy atom. The van der Waals surface area contributed by atoms with E-state index < -0.39 is 12.2 Å². The molecule has 0 unspecified atom stereocenters. The fourth-order valence-electron chi connectivity index (χ4n) is 2.76. The van der Waals surface area contributed by atoms with Gasteiger partial charge in [0.1, 0.15) is 18.0 Å². The molecule has 134 valence electrons. The maximum absolute atomic E-state index is 12.2. The van der Waals surface area contributed by atoms with E-state index >= 15 is 0 Å². The molecule has 1 aliphatic heterocycles. The summed E-state index contributed by atoms with van der Waals surface area (Å²) in [7, 11) is 1.57. The van der Waals surface area contributed by atoms with Crippen molar-refractivity contribution in [1.29, 1.82) is 0 Å². The van der Waals surface area contributed by atoms with Gasteiger partial charge < -0.3 is 25.0 Å². The number of methoxy groups -OCH3 is 1. The van der Waals surface area contributed by atoms with E-state index in [1.54, 1.807) is 12.5 Å². The number of thiazole rings is 1. The van der Waals surface area contributed by atoms with Gasteiger partial charge in [-0.05, 0) is 6.07 Å². The molecule has 1 fully saturated rings. The highest BCUT2D eigenvalue weighted by Crippen LogP contribution is 2.34. The van der Waals surface area contributed by atoms with Gasteiger partial charge in [0.25, 0.3) is 0 Å². The first-order chi connectivity index (χ1) is 12.1. The zero-order valence-corrected chi connectivity index (χ0v) is 14.5. The number of aliphatic hydroxyl groups excluding tert-OH is 2. The summed E-state index contributed by atoms with van der Waals surface area (Å²) in [4.78, 5) is 16.6. The number of hydrogen-bond donors (Lipinski definition) is 3. The van der Waals surface area contributed by atoms with Crippen LogP contribution in [0.4, 0.5) is 5.13 Å². The highest BCUT2D eigenvalue weighted by Gasteiger charge is 2.35. The summed E-state index contributed by atoms with van der Waals surface area (Å²) in [6.45, 7) is -0.232. The number of nitrogens with zero attached hydrogens (tertiary/aromatic N) is 1. The number of nitrogens with one attached hydrogen (secondary N) is 1. The average molecular weight is 364 g/mol. The summed E-state index contributed by atoms with van der Waals surface area (Å²) in [5, 5.41) is 24.0. The second kappa shape index (κ2) is 7.92. The first-order valence-electron chi connectivity index (χ1n) is 7.92. The third-order valence-corrected chi connectivity index (χ3v) is 4.82. The lowest BCUT2D eigenvalue weighted by molar-refractivity contribution is -0.115. The molecule has 8 heteroatoms. The van der Waals surface area contributed by atoms with Gasteiger partial charge in [-0.2, -0.15) is 0 Å². The predicted molar refractivity (Wildman–Crippen MR) is 92.8 cm³/mol. The molecule has 7 nitrogen and oxygen atoms in total. The van der Waals surface area contributed by atoms with Crippen molar-refractivity contribution < 1.29 is 24.5 Å². The van der Waals surface area contributed by atoms with E-state index in [0.717, 1.165) is 5.56 Å². The number of carbonyl (C=O) groups excluding carboxylic acids is 1. The number of hydrogen-bond acceptors (Lipinski definition) is 7. The first kappa shape index (κ1) is 17.8. The molecule has 2 heterocycles. The minimum absolute atomic E-state index is 0.185. The van der Waals surface area contributed by atoms with Gasteiger partial charge in [0.15, 0.2) is 5.13 Å². The molecule has 1 aliphatic rings. The molecule has 1 saturated heterocycles. The SMILES string of the molecule is COc1ccccc1CC(=O)Nc1nc([C@H]2C[C@H](O)[C@@H](CO)O2)cs1. The van der Waals surface area contributed by atoms with E-state index in [1.807, 2.05) is 24.3 Å². The van der Waals surface area contributed by atoms with Crippen molar-refractivity contribution in [2.75, 3.05) is 19.0 Å². The molecule has 0 aliphatic carbocycles. The Labute approximate surface area is 149 Å². The van der Waals surface area contributed by atoms with Crippen LogP contribution in [0.2, 0.25) is 0 Å². The molecule has 3 N–H and O–H groups in total. The second-order valence-corrected chi connectivity index (χ2v) is 6.62. The summed E-state index contributed by atoms with van der Waals surface area (Å²) < 4.78 is 10.8. The predicted octanol–water partition coefficient (Wildman–Crippen LogP) is 1.52. The highest BCUT2D eigenvalue weighted by atomic mass is 32.1. The topological polar surface area (TPSA) is 101 Å². The van der Waals surface area contributed by atoms with Gasteiger partial charge in [-0.3, -0.25) is 4.79 Å². The highest BCUT2D eigenvalue weighted by molar-refractivity contribution is 7.13. The van der Waals surface area contributed by atoms with E-state index in [0.29, 0.717) is 23.0 Å². The number of amides is 1. The summed E-state index contributed by atoms with van der Waals surface area (Å²) in [6.07, 6.45) is -1.10. The summed E-state index contributed by atoms with van der Waals surface area (Å²) in [6, 6.07) is 7.36. The lowest BCUT2D eigenvalue weighted by Gasteiger charge is -2.10. The van der Waals surface area contributed by atoms with Crippen LogP contribution in [-0.2, 0) is 16.0 Å². The lowest BCUT2D eigenvalue weighted by Crippen LogP contribution is -2.24. The number of carbonyl (C=O) groups is 1. The number of para-hydroxylation sites is 1. The molecule has 0 radical (unpaired) electrons. The van der Waals surface area contributed by atoms with Gasteiger partial charge in [-0.1, -0.05) is 18.2 Å². The third kappa shape index (κ3) is 4.16. The van der Waals surface area contributed by atoms with Crippen LogP contribution in [0.3, 0.4) is 0 Å². The van der Waals surface area contributed by atoms with Crippen LogP contribution in [0.25, 0.3) is 0 Å². The zero-order chi connectivity index (χ0) is 17.8. The monoisotopic (exact) mass is 364 g/mol. The van der Waals surface area contributed by atoms with Crippen molar-refractivity contribution in [3.05, 3.63) is 40.9 Å². The van der Waals surface area contributed by atoms with E-state index in [9.17, 15) is 9.90 Å². The van der Waals surface area contributed by atoms with Crippen molar-refractivity contribution in [2.45, 2.75) is 31.2 Å². The Morgan fingerprint density at radius 3 is 3.00 bits per heavy atom. The Kier molecular flexibility index (Phi) is 5.64. The number of ether oxygens (including phenoxy) is 2. The normalized spacial score (nSPS) is 22.8.